The van der Waals surface area contributed by atoms with E-state index in [9.17, 15) is 0 Å². The van der Waals surface area contributed by atoms with Gasteiger partial charge in [-0.2, -0.15) is 0 Å². The molecule has 0 saturated heterocycles. The molecule has 0 bridgehead atoms. The van der Waals surface area contributed by atoms with Crippen molar-refractivity contribution in [3.63, 3.8) is 0 Å². The first-order valence-corrected chi connectivity index (χ1v) is 15.4. The molecular formula is C44H26. The van der Waals surface area contributed by atoms with Gasteiger partial charge in [0.05, 0.1) is 0 Å². The molecule has 0 spiro atoms. The molecular weight excluding hydrogens is 528 g/mol. The number of rotatable bonds is 3. The highest BCUT2D eigenvalue weighted by Crippen LogP contribution is 2.48. The van der Waals surface area contributed by atoms with Crippen LogP contribution in [0, 0.1) is 0 Å². The van der Waals surface area contributed by atoms with Gasteiger partial charge in [-0.3, -0.25) is 0 Å². The van der Waals surface area contributed by atoms with E-state index in [-0.39, 0.29) is 0 Å². The minimum absolute atomic E-state index is 1.26. The van der Waals surface area contributed by atoms with Gasteiger partial charge < -0.3 is 0 Å². The minimum atomic E-state index is 1.26. The van der Waals surface area contributed by atoms with Gasteiger partial charge in [0, 0.05) is 0 Å². The summed E-state index contributed by atoms with van der Waals surface area (Å²) in [4.78, 5) is 0. The topological polar surface area (TPSA) is 0 Å². The van der Waals surface area contributed by atoms with Crippen molar-refractivity contribution in [2.75, 3.05) is 0 Å². The summed E-state index contributed by atoms with van der Waals surface area (Å²) in [6, 6.07) is 58.5. The van der Waals surface area contributed by atoms with E-state index in [4.69, 9.17) is 0 Å². The molecule has 0 radical (unpaired) electrons. The molecule has 0 atom stereocenters. The third-order valence-electron chi connectivity index (χ3n) is 9.71. The lowest BCUT2D eigenvalue weighted by atomic mass is 9.82. The van der Waals surface area contributed by atoms with Gasteiger partial charge in [-0.05, 0) is 122 Å². The molecule has 0 aliphatic carbocycles. The van der Waals surface area contributed by atoms with Crippen molar-refractivity contribution in [2.45, 2.75) is 0 Å². The highest BCUT2D eigenvalue weighted by Gasteiger charge is 2.20. The Balaban J connectivity index is 1.33. The van der Waals surface area contributed by atoms with Crippen molar-refractivity contribution in [3.8, 4) is 33.4 Å². The molecule has 0 fully saturated rings. The second-order valence-corrected chi connectivity index (χ2v) is 12.0. The van der Waals surface area contributed by atoms with E-state index in [0.717, 1.165) is 0 Å². The largest absolute Gasteiger partial charge is 0.0622 e. The molecule has 10 aromatic rings. The van der Waals surface area contributed by atoms with Crippen LogP contribution in [0.4, 0.5) is 0 Å². The second-order valence-electron chi connectivity index (χ2n) is 12.0. The highest BCUT2D eigenvalue weighted by molar-refractivity contribution is 6.33. The van der Waals surface area contributed by atoms with Crippen LogP contribution in [-0.2, 0) is 0 Å². The third kappa shape index (κ3) is 3.23. The summed E-state index contributed by atoms with van der Waals surface area (Å²) >= 11 is 0. The molecule has 0 aromatic heterocycles. The van der Waals surface area contributed by atoms with Crippen LogP contribution in [0.25, 0.3) is 98.0 Å². The Morgan fingerprint density at radius 1 is 0.227 bits per heavy atom. The van der Waals surface area contributed by atoms with Crippen LogP contribution in [0.3, 0.4) is 0 Å². The van der Waals surface area contributed by atoms with Crippen LogP contribution in [0.2, 0.25) is 0 Å². The second kappa shape index (κ2) is 8.89. The number of hydrogen-bond donors (Lipinski definition) is 0. The monoisotopic (exact) mass is 554 g/mol. The first-order chi connectivity index (χ1) is 21.8. The number of benzene rings is 10. The summed E-state index contributed by atoms with van der Waals surface area (Å²) in [6.45, 7) is 0. The molecule has 0 N–H and O–H groups in total. The van der Waals surface area contributed by atoms with Crippen LogP contribution in [0.5, 0.6) is 0 Å². The first kappa shape index (κ1) is 23.8. The zero-order valence-corrected chi connectivity index (χ0v) is 24.0. The van der Waals surface area contributed by atoms with Crippen molar-refractivity contribution in [1.29, 1.82) is 0 Å². The van der Waals surface area contributed by atoms with E-state index in [1.165, 1.54) is 98.0 Å². The van der Waals surface area contributed by atoms with E-state index >= 15 is 0 Å². The van der Waals surface area contributed by atoms with Crippen molar-refractivity contribution in [1.82, 2.24) is 0 Å². The molecule has 202 valence electrons. The van der Waals surface area contributed by atoms with E-state index in [1.54, 1.807) is 0 Å². The summed E-state index contributed by atoms with van der Waals surface area (Å²) in [5.41, 5.74) is 7.69. The lowest BCUT2D eigenvalue weighted by molar-refractivity contribution is 1.66. The minimum Gasteiger partial charge on any atom is -0.0622 e. The van der Waals surface area contributed by atoms with E-state index in [2.05, 4.69) is 158 Å². The summed E-state index contributed by atoms with van der Waals surface area (Å²) in [6.07, 6.45) is 0. The predicted molar refractivity (Wildman–Crippen MR) is 190 cm³/mol. The quantitative estimate of drug-likeness (QED) is 0.191. The molecule has 44 heavy (non-hydrogen) atoms. The molecule has 0 heterocycles. The van der Waals surface area contributed by atoms with Crippen LogP contribution < -0.4 is 0 Å². The summed E-state index contributed by atoms with van der Waals surface area (Å²) in [5.74, 6) is 0. The maximum absolute atomic E-state index is 2.44. The standard InChI is InChI=1S/C44H26/c1-3-11-27(12-4-1)37-23-29-15-9-21-35-39(25-31-17-7-19-33(37)41(31)43(29)35)40-26-32-18-8-20-34-38(28-13-5-2-6-14-28)24-30-16-10-22-36(40)44(30)42(32)34/h1-26H. The fourth-order valence-corrected chi connectivity index (χ4v) is 7.87. The van der Waals surface area contributed by atoms with E-state index in [0.29, 0.717) is 0 Å². The Morgan fingerprint density at radius 3 is 0.864 bits per heavy atom. The van der Waals surface area contributed by atoms with Crippen LogP contribution in [0.1, 0.15) is 0 Å². The fraction of sp³-hybridized carbons (Fsp3) is 0. The lowest BCUT2D eigenvalue weighted by Crippen LogP contribution is -1.93. The molecule has 0 nitrogen and oxygen atoms in total. The van der Waals surface area contributed by atoms with Crippen LogP contribution in [-0.4, -0.2) is 0 Å². The maximum atomic E-state index is 2.44. The van der Waals surface area contributed by atoms with Crippen molar-refractivity contribution in [2.24, 2.45) is 0 Å². The SMILES string of the molecule is c1ccc(-c2cc3cccc4c(-c5cc6cccc7c(-c8ccccc8)cc8cccc5c8c67)cc5cccc2c5c34)cc1. The molecule has 10 rings (SSSR count). The normalized spacial score (nSPS) is 12.1. The molecule has 0 aliphatic heterocycles. The first-order valence-electron chi connectivity index (χ1n) is 15.4. The van der Waals surface area contributed by atoms with Gasteiger partial charge in [0.2, 0.25) is 0 Å². The highest BCUT2D eigenvalue weighted by atomic mass is 14.2. The molecule has 0 saturated carbocycles. The van der Waals surface area contributed by atoms with Crippen molar-refractivity contribution >= 4 is 64.6 Å². The Kier molecular flexibility index (Phi) is 4.81. The smallest absolute Gasteiger partial charge is 0.00201 e. The van der Waals surface area contributed by atoms with Gasteiger partial charge in [0.1, 0.15) is 0 Å². The molecule has 0 unspecified atom stereocenters. The van der Waals surface area contributed by atoms with Gasteiger partial charge in [0.15, 0.2) is 0 Å². The molecule has 0 aliphatic rings. The van der Waals surface area contributed by atoms with Gasteiger partial charge in [-0.15, -0.1) is 0 Å². The zero-order valence-electron chi connectivity index (χ0n) is 24.0. The summed E-state index contributed by atoms with van der Waals surface area (Å²) < 4.78 is 0. The average molecular weight is 555 g/mol. The third-order valence-corrected chi connectivity index (χ3v) is 9.71. The van der Waals surface area contributed by atoms with Crippen LogP contribution >= 0.6 is 0 Å². The van der Waals surface area contributed by atoms with Gasteiger partial charge >= 0.3 is 0 Å². The van der Waals surface area contributed by atoms with Crippen molar-refractivity contribution in [3.05, 3.63) is 158 Å². The Labute approximate surface area is 255 Å². The maximum Gasteiger partial charge on any atom is -0.00201 e. The van der Waals surface area contributed by atoms with Gasteiger partial charge in [-0.25, -0.2) is 0 Å². The molecule has 0 heteroatoms. The van der Waals surface area contributed by atoms with Crippen molar-refractivity contribution < 1.29 is 0 Å². The Bertz CT molecular complexity index is 2490. The fourth-order valence-electron chi connectivity index (χ4n) is 7.87. The van der Waals surface area contributed by atoms with E-state index in [1.807, 2.05) is 0 Å². The summed E-state index contributed by atoms with van der Waals surface area (Å²) in [7, 11) is 0. The Hall–Kier alpha value is -5.72. The predicted octanol–water partition coefficient (Wildman–Crippen LogP) is 12.5. The molecule has 10 aromatic carbocycles. The zero-order chi connectivity index (χ0) is 28.8. The number of hydrogen-bond acceptors (Lipinski definition) is 0. The Morgan fingerprint density at radius 2 is 0.523 bits per heavy atom. The lowest BCUT2D eigenvalue weighted by Gasteiger charge is -2.21. The van der Waals surface area contributed by atoms with E-state index < -0.39 is 0 Å². The van der Waals surface area contributed by atoms with Gasteiger partial charge in [-0.1, -0.05) is 133 Å². The molecule has 0 amide bonds. The van der Waals surface area contributed by atoms with Gasteiger partial charge in [0.25, 0.3) is 0 Å². The summed E-state index contributed by atoms with van der Waals surface area (Å²) in [5, 5.41) is 15.8. The van der Waals surface area contributed by atoms with Crippen LogP contribution in [0.15, 0.2) is 158 Å². The average Bonchev–Trinajstić information content (AvgIpc) is 3.09.